The fraction of sp³-hybridized carbons (Fsp3) is 0.545. The Labute approximate surface area is 100 Å². The first-order chi connectivity index (χ1) is 7.91. The zero-order valence-electron chi connectivity index (χ0n) is 10.4. The SMILES string of the molecule is Cc1nn(C)c(C)c1CCC(=O)NCC(N)=O. The lowest BCUT2D eigenvalue weighted by Gasteiger charge is -2.03. The van der Waals surface area contributed by atoms with E-state index in [-0.39, 0.29) is 12.5 Å². The molecule has 17 heavy (non-hydrogen) atoms. The van der Waals surface area contributed by atoms with Gasteiger partial charge in [-0.2, -0.15) is 5.10 Å². The Morgan fingerprint density at radius 2 is 2.06 bits per heavy atom. The molecule has 0 spiro atoms. The van der Waals surface area contributed by atoms with Crippen LogP contribution in [0.2, 0.25) is 0 Å². The molecule has 1 aromatic heterocycles. The van der Waals surface area contributed by atoms with Crippen LogP contribution < -0.4 is 11.1 Å². The summed E-state index contributed by atoms with van der Waals surface area (Å²) in [5, 5.41) is 6.73. The van der Waals surface area contributed by atoms with E-state index in [2.05, 4.69) is 10.4 Å². The van der Waals surface area contributed by atoms with Crippen molar-refractivity contribution in [2.45, 2.75) is 26.7 Å². The number of nitrogens with one attached hydrogen (secondary N) is 1. The maximum atomic E-state index is 11.4. The second-order valence-corrected chi connectivity index (χ2v) is 4.02. The van der Waals surface area contributed by atoms with Crippen LogP contribution in [0.4, 0.5) is 0 Å². The maximum absolute atomic E-state index is 11.4. The molecule has 2 amide bonds. The number of amides is 2. The molecule has 0 atom stereocenters. The van der Waals surface area contributed by atoms with E-state index in [1.807, 2.05) is 20.9 Å². The van der Waals surface area contributed by atoms with E-state index in [4.69, 9.17) is 5.73 Å². The van der Waals surface area contributed by atoms with Crippen LogP contribution in [0.1, 0.15) is 23.4 Å². The van der Waals surface area contributed by atoms with Gasteiger partial charge in [0.05, 0.1) is 12.2 Å². The summed E-state index contributed by atoms with van der Waals surface area (Å²) in [6.45, 7) is 3.78. The molecule has 0 saturated heterocycles. The number of carbonyl (C=O) groups excluding carboxylic acids is 2. The number of primary amides is 1. The smallest absolute Gasteiger partial charge is 0.236 e. The number of rotatable bonds is 5. The molecule has 6 heteroatoms. The Morgan fingerprint density at radius 1 is 1.41 bits per heavy atom. The molecule has 0 radical (unpaired) electrons. The van der Waals surface area contributed by atoms with E-state index in [0.29, 0.717) is 12.8 Å². The third kappa shape index (κ3) is 3.58. The van der Waals surface area contributed by atoms with Gasteiger partial charge in [-0.05, 0) is 25.8 Å². The van der Waals surface area contributed by atoms with Crippen LogP contribution in [0.3, 0.4) is 0 Å². The molecule has 1 aromatic rings. The first kappa shape index (κ1) is 13.2. The van der Waals surface area contributed by atoms with Crippen LogP contribution in [-0.2, 0) is 23.1 Å². The number of hydrogen-bond acceptors (Lipinski definition) is 3. The minimum absolute atomic E-state index is 0.107. The summed E-state index contributed by atoms with van der Waals surface area (Å²) in [5.41, 5.74) is 8.02. The minimum Gasteiger partial charge on any atom is -0.368 e. The van der Waals surface area contributed by atoms with Gasteiger partial charge in [0.15, 0.2) is 0 Å². The molecule has 0 aliphatic carbocycles. The molecule has 6 nitrogen and oxygen atoms in total. The topological polar surface area (TPSA) is 90.0 Å². The third-order valence-electron chi connectivity index (χ3n) is 2.72. The van der Waals surface area contributed by atoms with Crippen LogP contribution in [0.15, 0.2) is 0 Å². The molecule has 94 valence electrons. The lowest BCUT2D eigenvalue weighted by Crippen LogP contribution is -2.33. The van der Waals surface area contributed by atoms with Crippen molar-refractivity contribution in [1.29, 1.82) is 0 Å². The summed E-state index contributed by atoms with van der Waals surface area (Å²) < 4.78 is 1.80. The van der Waals surface area contributed by atoms with Gasteiger partial charge in [0.2, 0.25) is 11.8 Å². The molecule has 1 rings (SSSR count). The van der Waals surface area contributed by atoms with E-state index in [0.717, 1.165) is 17.0 Å². The van der Waals surface area contributed by atoms with Gasteiger partial charge in [0.1, 0.15) is 0 Å². The number of nitrogens with zero attached hydrogens (tertiary/aromatic N) is 2. The average molecular weight is 238 g/mol. The van der Waals surface area contributed by atoms with Crippen molar-refractivity contribution in [2.75, 3.05) is 6.54 Å². The molecular formula is C11H18N4O2. The van der Waals surface area contributed by atoms with Crippen molar-refractivity contribution < 1.29 is 9.59 Å². The second kappa shape index (κ2) is 5.47. The zero-order chi connectivity index (χ0) is 13.0. The molecule has 1 heterocycles. The van der Waals surface area contributed by atoms with Gasteiger partial charge < -0.3 is 11.1 Å². The van der Waals surface area contributed by atoms with Crippen molar-refractivity contribution in [1.82, 2.24) is 15.1 Å². The largest absolute Gasteiger partial charge is 0.368 e. The first-order valence-electron chi connectivity index (χ1n) is 5.46. The third-order valence-corrected chi connectivity index (χ3v) is 2.72. The lowest BCUT2D eigenvalue weighted by atomic mass is 10.1. The molecule has 0 saturated carbocycles. The number of aromatic nitrogens is 2. The second-order valence-electron chi connectivity index (χ2n) is 4.02. The van der Waals surface area contributed by atoms with Crippen LogP contribution in [0, 0.1) is 13.8 Å². The van der Waals surface area contributed by atoms with Gasteiger partial charge in [-0.15, -0.1) is 0 Å². The Balaban J connectivity index is 2.50. The average Bonchev–Trinajstić information content (AvgIpc) is 2.48. The molecule has 0 fully saturated rings. The fourth-order valence-electron chi connectivity index (χ4n) is 1.69. The molecule has 0 unspecified atom stereocenters. The van der Waals surface area contributed by atoms with Crippen LogP contribution >= 0.6 is 0 Å². The van der Waals surface area contributed by atoms with Gasteiger partial charge in [0.25, 0.3) is 0 Å². The predicted octanol–water partition coefficient (Wildman–Crippen LogP) is -0.429. The number of aryl methyl sites for hydroxylation is 2. The van der Waals surface area contributed by atoms with Crippen LogP contribution in [0.25, 0.3) is 0 Å². The van der Waals surface area contributed by atoms with Crippen molar-refractivity contribution in [3.63, 3.8) is 0 Å². The number of nitrogens with two attached hydrogens (primary N) is 1. The minimum atomic E-state index is -0.535. The highest BCUT2D eigenvalue weighted by Gasteiger charge is 2.11. The highest BCUT2D eigenvalue weighted by molar-refractivity contribution is 5.83. The summed E-state index contributed by atoms with van der Waals surface area (Å²) in [6.07, 6.45) is 0.955. The maximum Gasteiger partial charge on any atom is 0.236 e. The van der Waals surface area contributed by atoms with E-state index in [1.54, 1.807) is 4.68 Å². The number of carbonyl (C=O) groups is 2. The van der Waals surface area contributed by atoms with Gasteiger partial charge in [-0.1, -0.05) is 0 Å². The molecule has 0 aliphatic rings. The quantitative estimate of drug-likeness (QED) is 0.729. The molecular weight excluding hydrogens is 220 g/mol. The summed E-state index contributed by atoms with van der Waals surface area (Å²) in [6, 6.07) is 0. The van der Waals surface area contributed by atoms with Gasteiger partial charge >= 0.3 is 0 Å². The van der Waals surface area contributed by atoms with E-state index < -0.39 is 5.91 Å². The fourth-order valence-corrected chi connectivity index (χ4v) is 1.69. The highest BCUT2D eigenvalue weighted by Crippen LogP contribution is 2.13. The first-order valence-corrected chi connectivity index (χ1v) is 5.46. The monoisotopic (exact) mass is 238 g/mol. The van der Waals surface area contributed by atoms with Crippen LogP contribution in [-0.4, -0.2) is 28.1 Å². The highest BCUT2D eigenvalue weighted by atomic mass is 16.2. The summed E-state index contributed by atoms with van der Waals surface area (Å²) in [7, 11) is 1.87. The summed E-state index contributed by atoms with van der Waals surface area (Å²) in [4.78, 5) is 21.9. The van der Waals surface area contributed by atoms with E-state index in [9.17, 15) is 9.59 Å². The van der Waals surface area contributed by atoms with Crippen molar-refractivity contribution in [2.24, 2.45) is 12.8 Å². The Bertz CT molecular complexity index is 437. The number of hydrogen-bond donors (Lipinski definition) is 2. The Morgan fingerprint density at radius 3 is 2.53 bits per heavy atom. The normalized spacial score (nSPS) is 10.3. The van der Waals surface area contributed by atoms with Crippen LogP contribution in [0.5, 0.6) is 0 Å². The Hall–Kier alpha value is -1.85. The molecule has 3 N–H and O–H groups in total. The molecule has 0 aliphatic heterocycles. The molecule has 0 aromatic carbocycles. The van der Waals surface area contributed by atoms with E-state index in [1.165, 1.54) is 0 Å². The molecule has 0 bridgehead atoms. The van der Waals surface area contributed by atoms with Crippen molar-refractivity contribution in [3.8, 4) is 0 Å². The standard InChI is InChI=1S/C11H18N4O2/c1-7-9(8(2)15(3)14-7)4-5-11(17)13-6-10(12)16/h4-6H2,1-3H3,(H2,12,16)(H,13,17). The van der Waals surface area contributed by atoms with Crippen molar-refractivity contribution >= 4 is 11.8 Å². The van der Waals surface area contributed by atoms with Gasteiger partial charge in [-0.3, -0.25) is 14.3 Å². The lowest BCUT2D eigenvalue weighted by molar-refractivity contribution is -0.124. The van der Waals surface area contributed by atoms with Gasteiger partial charge in [-0.25, -0.2) is 0 Å². The predicted molar refractivity (Wildman–Crippen MR) is 63.2 cm³/mol. The Kier molecular flexibility index (Phi) is 4.25. The summed E-state index contributed by atoms with van der Waals surface area (Å²) in [5.74, 6) is -0.710. The zero-order valence-corrected chi connectivity index (χ0v) is 10.4. The van der Waals surface area contributed by atoms with Gasteiger partial charge in [0, 0.05) is 19.2 Å². The van der Waals surface area contributed by atoms with Crippen molar-refractivity contribution in [3.05, 3.63) is 17.0 Å². The summed E-state index contributed by atoms with van der Waals surface area (Å²) >= 11 is 0. The van der Waals surface area contributed by atoms with E-state index >= 15 is 0 Å².